The van der Waals surface area contributed by atoms with E-state index >= 15 is 0 Å². The first-order valence-corrected chi connectivity index (χ1v) is 4.87. The van der Waals surface area contributed by atoms with Crippen LogP contribution in [0.15, 0.2) is 24.3 Å². The summed E-state index contributed by atoms with van der Waals surface area (Å²) in [5, 5.41) is 8.51. The van der Waals surface area contributed by atoms with E-state index in [-0.39, 0.29) is 18.9 Å². The lowest BCUT2D eigenvalue weighted by atomic mass is 10.1. The summed E-state index contributed by atoms with van der Waals surface area (Å²) in [6.07, 6.45) is 0. The maximum atomic E-state index is 11.4. The molecule has 0 spiro atoms. The fraction of sp³-hybridized carbons (Fsp3) is 0.273. The Balaban J connectivity index is 2.87. The van der Waals surface area contributed by atoms with E-state index in [4.69, 9.17) is 15.4 Å². The molecule has 0 atom stereocenters. The average molecular weight is 236 g/mol. The number of carbonyl (C=O) groups is 1. The van der Waals surface area contributed by atoms with E-state index < -0.39 is 5.97 Å². The zero-order valence-electron chi connectivity index (χ0n) is 9.29. The highest BCUT2D eigenvalue weighted by molar-refractivity contribution is 6.40. The van der Waals surface area contributed by atoms with Crippen molar-refractivity contribution in [2.75, 3.05) is 20.3 Å². The van der Waals surface area contributed by atoms with Crippen LogP contribution in [-0.4, -0.2) is 41.9 Å². The fourth-order valence-electron chi connectivity index (χ4n) is 1.17. The number of aliphatic hydroxyl groups is 1. The minimum Gasteiger partial charge on any atom is -0.497 e. The third kappa shape index (κ3) is 3.41. The quantitative estimate of drug-likeness (QED) is 0.343. The van der Waals surface area contributed by atoms with Gasteiger partial charge in [-0.15, -0.1) is 0 Å². The summed E-state index contributed by atoms with van der Waals surface area (Å²) in [7, 11) is 1.52. The molecule has 0 aliphatic heterocycles. The highest BCUT2D eigenvalue weighted by atomic mass is 16.5. The van der Waals surface area contributed by atoms with Gasteiger partial charge in [-0.1, -0.05) is 0 Å². The number of esters is 1. The monoisotopic (exact) mass is 236 g/mol. The summed E-state index contributed by atoms with van der Waals surface area (Å²) in [4.78, 5) is 14.3. The maximum Gasteiger partial charge on any atom is 0.422 e. The second kappa shape index (κ2) is 6.42. The number of ether oxygens (including phenoxy) is 2. The molecule has 0 radical (unpaired) electrons. The summed E-state index contributed by atoms with van der Waals surface area (Å²) in [6, 6.07) is 6.38. The van der Waals surface area contributed by atoms with Crippen molar-refractivity contribution in [3.8, 4) is 5.75 Å². The molecule has 0 saturated carbocycles. The molecule has 0 aliphatic rings. The van der Waals surface area contributed by atoms with Crippen LogP contribution in [-0.2, 0) is 9.53 Å². The van der Waals surface area contributed by atoms with Gasteiger partial charge in [0.1, 0.15) is 12.4 Å². The van der Waals surface area contributed by atoms with Gasteiger partial charge in [0.25, 0.3) is 0 Å². The van der Waals surface area contributed by atoms with Crippen LogP contribution in [0.25, 0.3) is 5.53 Å². The second-order valence-electron chi connectivity index (χ2n) is 3.04. The van der Waals surface area contributed by atoms with E-state index in [2.05, 4.69) is 9.53 Å². The topological polar surface area (TPSA) is 92.2 Å². The van der Waals surface area contributed by atoms with Gasteiger partial charge >= 0.3 is 11.7 Å². The number of rotatable bonds is 5. The molecule has 1 N–H and O–H groups in total. The zero-order chi connectivity index (χ0) is 12.7. The van der Waals surface area contributed by atoms with Gasteiger partial charge in [0.2, 0.25) is 0 Å². The minimum atomic E-state index is -0.799. The maximum absolute atomic E-state index is 11.4. The molecule has 90 valence electrons. The first kappa shape index (κ1) is 12.9. The van der Waals surface area contributed by atoms with Gasteiger partial charge in [0.05, 0.1) is 19.3 Å². The van der Waals surface area contributed by atoms with Crippen molar-refractivity contribution in [1.82, 2.24) is 0 Å². The molecule has 0 amide bonds. The predicted octanol–water partition coefficient (Wildman–Crippen LogP) is 0.250. The molecule has 1 aromatic rings. The standard InChI is InChI=1S/C11H12N2O4/c1-16-9-4-2-8(3-5-9)10(13-12)11(15)17-7-6-14/h2-5,14H,6-7H2,1H3. The second-order valence-corrected chi connectivity index (χ2v) is 3.04. The van der Waals surface area contributed by atoms with E-state index in [1.54, 1.807) is 24.3 Å². The van der Waals surface area contributed by atoms with E-state index in [1.165, 1.54) is 7.11 Å². The molecule has 0 saturated heterocycles. The van der Waals surface area contributed by atoms with Crippen LogP contribution in [0.3, 0.4) is 0 Å². The molecule has 1 rings (SSSR count). The molecular formula is C11H12N2O4. The number of methoxy groups -OCH3 is 1. The Morgan fingerprint density at radius 3 is 2.53 bits per heavy atom. The Morgan fingerprint density at radius 1 is 1.41 bits per heavy atom. The third-order valence-electron chi connectivity index (χ3n) is 1.98. The summed E-state index contributed by atoms with van der Waals surface area (Å²) in [6.45, 7) is -0.429. The van der Waals surface area contributed by atoms with Gasteiger partial charge in [0.15, 0.2) is 0 Å². The Hall–Kier alpha value is -2.17. The van der Waals surface area contributed by atoms with Gasteiger partial charge in [-0.2, -0.15) is 4.79 Å². The summed E-state index contributed by atoms with van der Waals surface area (Å²) in [5.41, 5.74) is 8.95. The van der Waals surface area contributed by atoms with Crippen LogP contribution in [0.1, 0.15) is 5.56 Å². The van der Waals surface area contributed by atoms with Crippen LogP contribution in [0.5, 0.6) is 5.75 Å². The van der Waals surface area contributed by atoms with Crippen LogP contribution < -0.4 is 4.74 Å². The van der Waals surface area contributed by atoms with Crippen LogP contribution >= 0.6 is 0 Å². The summed E-state index contributed by atoms with van der Waals surface area (Å²) in [5.74, 6) is -0.179. The molecular weight excluding hydrogens is 224 g/mol. The molecule has 0 bridgehead atoms. The number of carbonyl (C=O) groups excluding carboxylic acids is 1. The lowest BCUT2D eigenvalue weighted by Gasteiger charge is -2.01. The number of hydrogen-bond acceptors (Lipinski definition) is 4. The normalized spacial score (nSPS) is 9.29. The van der Waals surface area contributed by atoms with Gasteiger partial charge in [-0.3, -0.25) is 0 Å². The molecule has 1 aromatic carbocycles. The fourth-order valence-corrected chi connectivity index (χ4v) is 1.17. The number of hydrogen-bond donors (Lipinski definition) is 1. The molecule has 0 aromatic heterocycles. The number of aliphatic hydroxyl groups excluding tert-OH is 1. The lowest BCUT2D eigenvalue weighted by Crippen LogP contribution is -2.21. The number of benzene rings is 1. The minimum absolute atomic E-state index is 0.145. The Bertz CT molecular complexity index is 435. The predicted molar refractivity (Wildman–Crippen MR) is 58.8 cm³/mol. The van der Waals surface area contributed by atoms with Crippen LogP contribution in [0, 0.1) is 0 Å². The lowest BCUT2D eigenvalue weighted by molar-refractivity contribution is -0.140. The third-order valence-corrected chi connectivity index (χ3v) is 1.98. The molecule has 17 heavy (non-hydrogen) atoms. The van der Waals surface area contributed by atoms with E-state index in [1.807, 2.05) is 0 Å². The smallest absolute Gasteiger partial charge is 0.422 e. The largest absolute Gasteiger partial charge is 0.497 e. The van der Waals surface area contributed by atoms with E-state index in [0.29, 0.717) is 11.3 Å². The SMILES string of the molecule is COc1ccc(C(=[N+]=[N-])C(=O)OCCO)cc1. The number of nitrogens with zero attached hydrogens (tertiary/aromatic N) is 2. The molecule has 0 unspecified atom stereocenters. The van der Waals surface area contributed by atoms with Gasteiger partial charge in [-0.05, 0) is 24.3 Å². The van der Waals surface area contributed by atoms with Crippen molar-refractivity contribution >= 4 is 11.7 Å². The van der Waals surface area contributed by atoms with E-state index in [9.17, 15) is 4.79 Å². The first-order valence-electron chi connectivity index (χ1n) is 4.87. The van der Waals surface area contributed by atoms with Crippen molar-refractivity contribution < 1.29 is 24.2 Å². The van der Waals surface area contributed by atoms with Crippen LogP contribution in [0.2, 0.25) is 0 Å². The molecule has 6 heteroatoms. The van der Waals surface area contributed by atoms with Crippen molar-refractivity contribution in [3.05, 3.63) is 35.4 Å². The summed E-state index contributed by atoms with van der Waals surface area (Å²) >= 11 is 0. The van der Waals surface area contributed by atoms with Crippen molar-refractivity contribution in [1.29, 1.82) is 0 Å². The first-order chi connectivity index (χ1) is 8.22. The van der Waals surface area contributed by atoms with Gasteiger partial charge in [-0.25, -0.2) is 4.79 Å². The Labute approximate surface area is 98.0 Å². The molecule has 0 aliphatic carbocycles. The summed E-state index contributed by atoms with van der Waals surface area (Å²) < 4.78 is 9.60. The van der Waals surface area contributed by atoms with Crippen molar-refractivity contribution in [2.45, 2.75) is 0 Å². The van der Waals surface area contributed by atoms with Crippen molar-refractivity contribution in [2.24, 2.45) is 0 Å². The molecule has 6 nitrogen and oxygen atoms in total. The average Bonchev–Trinajstić information content (AvgIpc) is 2.38. The van der Waals surface area contributed by atoms with Crippen LogP contribution in [0.4, 0.5) is 0 Å². The molecule has 0 fully saturated rings. The van der Waals surface area contributed by atoms with E-state index in [0.717, 1.165) is 0 Å². The highest BCUT2D eigenvalue weighted by Gasteiger charge is 2.24. The van der Waals surface area contributed by atoms with Gasteiger partial charge in [0, 0.05) is 0 Å². The Morgan fingerprint density at radius 2 is 2.06 bits per heavy atom. The van der Waals surface area contributed by atoms with Gasteiger partial charge < -0.3 is 20.1 Å². The zero-order valence-corrected chi connectivity index (χ0v) is 9.29. The highest BCUT2D eigenvalue weighted by Crippen LogP contribution is 2.11. The van der Waals surface area contributed by atoms with Crippen molar-refractivity contribution in [3.63, 3.8) is 0 Å². The molecule has 0 heterocycles. The Kier molecular flexibility index (Phi) is 4.87.